The molecule has 3 rings (SSSR count). The third-order valence-corrected chi connectivity index (χ3v) is 3.35. The normalized spacial score (nSPS) is 10.7. The van der Waals surface area contributed by atoms with E-state index in [9.17, 15) is 4.39 Å². The summed E-state index contributed by atoms with van der Waals surface area (Å²) in [6.07, 6.45) is 3.27. The van der Waals surface area contributed by atoms with Gasteiger partial charge in [0.25, 0.3) is 0 Å². The van der Waals surface area contributed by atoms with E-state index >= 15 is 0 Å². The SMILES string of the molecule is Nc1onc(-c2cc(Br)ccc2F)c1-c1cccnc1. The zero-order valence-corrected chi connectivity index (χ0v) is 11.8. The monoisotopic (exact) mass is 333 g/mol. The van der Waals surface area contributed by atoms with Crippen molar-refractivity contribution < 1.29 is 8.91 Å². The third kappa shape index (κ3) is 2.18. The number of aromatic nitrogens is 2. The average Bonchev–Trinajstić information content (AvgIpc) is 2.84. The van der Waals surface area contributed by atoms with Crippen LogP contribution in [-0.4, -0.2) is 10.1 Å². The van der Waals surface area contributed by atoms with Gasteiger partial charge in [0.1, 0.15) is 11.5 Å². The summed E-state index contributed by atoms with van der Waals surface area (Å²) in [4.78, 5) is 4.03. The molecule has 2 heterocycles. The van der Waals surface area contributed by atoms with Crippen LogP contribution in [0, 0.1) is 5.82 Å². The second-order valence-corrected chi connectivity index (χ2v) is 5.05. The molecule has 0 atom stereocenters. The minimum atomic E-state index is -0.397. The number of hydrogen-bond donors (Lipinski definition) is 1. The number of nitrogens with two attached hydrogens (primary N) is 1. The van der Waals surface area contributed by atoms with Crippen LogP contribution in [-0.2, 0) is 0 Å². The highest BCUT2D eigenvalue weighted by Crippen LogP contribution is 2.37. The number of pyridine rings is 1. The lowest BCUT2D eigenvalue weighted by molar-refractivity contribution is 0.439. The molecule has 0 aliphatic carbocycles. The average molecular weight is 334 g/mol. The van der Waals surface area contributed by atoms with Crippen LogP contribution in [0.5, 0.6) is 0 Å². The van der Waals surface area contributed by atoms with Crippen LogP contribution in [0.4, 0.5) is 10.3 Å². The molecule has 0 bridgehead atoms. The van der Waals surface area contributed by atoms with Gasteiger partial charge < -0.3 is 10.3 Å². The van der Waals surface area contributed by atoms with E-state index in [-0.39, 0.29) is 5.88 Å². The number of halogens is 2. The highest BCUT2D eigenvalue weighted by Gasteiger charge is 2.20. The first kappa shape index (κ1) is 12.8. The molecule has 0 saturated carbocycles. The van der Waals surface area contributed by atoms with Crippen molar-refractivity contribution in [3.05, 3.63) is 53.0 Å². The van der Waals surface area contributed by atoms with Gasteiger partial charge in [-0.2, -0.15) is 0 Å². The van der Waals surface area contributed by atoms with Gasteiger partial charge in [0.05, 0.1) is 5.56 Å². The lowest BCUT2D eigenvalue weighted by atomic mass is 10.0. The molecule has 2 N–H and O–H groups in total. The predicted molar refractivity (Wildman–Crippen MR) is 77.2 cm³/mol. The number of rotatable bonds is 2. The molecular formula is C14H9BrFN3O. The molecule has 0 radical (unpaired) electrons. The highest BCUT2D eigenvalue weighted by molar-refractivity contribution is 9.10. The molecule has 0 fully saturated rings. The lowest BCUT2D eigenvalue weighted by Crippen LogP contribution is -1.90. The zero-order chi connectivity index (χ0) is 14.1. The van der Waals surface area contributed by atoms with Gasteiger partial charge in [-0.1, -0.05) is 27.2 Å². The summed E-state index contributed by atoms with van der Waals surface area (Å²) in [5, 5.41) is 3.88. The molecule has 0 aliphatic heterocycles. The summed E-state index contributed by atoms with van der Waals surface area (Å²) in [6.45, 7) is 0. The van der Waals surface area contributed by atoms with E-state index in [1.54, 1.807) is 30.6 Å². The summed E-state index contributed by atoms with van der Waals surface area (Å²) < 4.78 is 19.8. The summed E-state index contributed by atoms with van der Waals surface area (Å²) >= 11 is 3.31. The van der Waals surface area contributed by atoms with Crippen LogP contribution in [0.1, 0.15) is 0 Å². The molecule has 0 aliphatic rings. The van der Waals surface area contributed by atoms with Gasteiger partial charge >= 0.3 is 0 Å². The maximum atomic E-state index is 14.0. The van der Waals surface area contributed by atoms with Crippen LogP contribution < -0.4 is 5.73 Å². The first-order valence-electron chi connectivity index (χ1n) is 5.78. The summed E-state index contributed by atoms with van der Waals surface area (Å²) in [7, 11) is 0. The Hall–Kier alpha value is -2.21. The molecule has 0 unspecified atom stereocenters. The molecular weight excluding hydrogens is 325 g/mol. The minimum absolute atomic E-state index is 0.132. The summed E-state index contributed by atoms with van der Waals surface area (Å²) in [5.41, 5.74) is 7.74. The van der Waals surface area contributed by atoms with Crippen molar-refractivity contribution in [3.8, 4) is 22.4 Å². The molecule has 6 heteroatoms. The van der Waals surface area contributed by atoms with Crippen LogP contribution >= 0.6 is 15.9 Å². The maximum Gasteiger partial charge on any atom is 0.230 e. The Balaban J connectivity index is 2.24. The van der Waals surface area contributed by atoms with Crippen molar-refractivity contribution in [2.45, 2.75) is 0 Å². The Morgan fingerprint density at radius 3 is 2.85 bits per heavy atom. The molecule has 3 aromatic rings. The Morgan fingerprint density at radius 1 is 1.25 bits per heavy atom. The number of nitrogens with zero attached hydrogens (tertiary/aromatic N) is 2. The van der Waals surface area contributed by atoms with Gasteiger partial charge in [-0.3, -0.25) is 4.98 Å². The summed E-state index contributed by atoms with van der Waals surface area (Å²) in [6, 6.07) is 8.19. The Bertz CT molecular complexity index is 758. The van der Waals surface area contributed by atoms with Crippen LogP contribution in [0.2, 0.25) is 0 Å². The molecule has 100 valence electrons. The molecule has 2 aromatic heterocycles. The van der Waals surface area contributed by atoms with E-state index in [2.05, 4.69) is 26.1 Å². The second-order valence-electron chi connectivity index (χ2n) is 4.14. The Kier molecular flexibility index (Phi) is 3.23. The molecule has 20 heavy (non-hydrogen) atoms. The van der Waals surface area contributed by atoms with Crippen molar-refractivity contribution in [1.29, 1.82) is 0 Å². The number of anilines is 1. The molecule has 4 nitrogen and oxygen atoms in total. The predicted octanol–water partition coefficient (Wildman–Crippen LogP) is 3.89. The van der Waals surface area contributed by atoms with E-state index in [1.807, 2.05) is 6.07 Å². The maximum absolute atomic E-state index is 14.0. The fourth-order valence-electron chi connectivity index (χ4n) is 1.96. The van der Waals surface area contributed by atoms with Crippen LogP contribution in [0.25, 0.3) is 22.4 Å². The fraction of sp³-hybridized carbons (Fsp3) is 0. The van der Waals surface area contributed by atoms with Gasteiger partial charge in [-0.15, -0.1) is 0 Å². The number of hydrogen-bond acceptors (Lipinski definition) is 4. The molecule has 0 saturated heterocycles. The van der Waals surface area contributed by atoms with E-state index in [0.717, 1.165) is 10.0 Å². The van der Waals surface area contributed by atoms with E-state index < -0.39 is 5.82 Å². The van der Waals surface area contributed by atoms with Crippen molar-refractivity contribution in [3.63, 3.8) is 0 Å². The lowest BCUT2D eigenvalue weighted by Gasteiger charge is -2.04. The largest absolute Gasteiger partial charge is 0.367 e. The van der Waals surface area contributed by atoms with Gasteiger partial charge in [-0.05, 0) is 24.3 Å². The first-order valence-corrected chi connectivity index (χ1v) is 6.57. The van der Waals surface area contributed by atoms with Crippen molar-refractivity contribution in [2.24, 2.45) is 0 Å². The molecule has 0 spiro atoms. The quantitative estimate of drug-likeness (QED) is 0.772. The van der Waals surface area contributed by atoms with E-state index in [1.165, 1.54) is 6.07 Å². The summed E-state index contributed by atoms with van der Waals surface area (Å²) in [5.74, 6) is -0.265. The zero-order valence-electron chi connectivity index (χ0n) is 10.2. The second kappa shape index (κ2) is 5.05. The van der Waals surface area contributed by atoms with Crippen LogP contribution in [0.15, 0.2) is 51.7 Å². The minimum Gasteiger partial charge on any atom is -0.367 e. The standard InChI is InChI=1S/C14H9BrFN3O/c15-9-3-4-11(16)10(6-9)13-12(14(17)20-19-13)8-2-1-5-18-7-8/h1-7H,17H2. The smallest absolute Gasteiger partial charge is 0.230 e. The van der Waals surface area contributed by atoms with Crippen molar-refractivity contribution in [1.82, 2.24) is 10.1 Å². The highest BCUT2D eigenvalue weighted by atomic mass is 79.9. The van der Waals surface area contributed by atoms with Gasteiger partial charge in [0, 0.05) is 28.0 Å². The van der Waals surface area contributed by atoms with Crippen molar-refractivity contribution in [2.75, 3.05) is 5.73 Å². The van der Waals surface area contributed by atoms with Crippen LogP contribution in [0.3, 0.4) is 0 Å². The fourth-order valence-corrected chi connectivity index (χ4v) is 2.32. The molecule has 1 aromatic carbocycles. The third-order valence-electron chi connectivity index (χ3n) is 2.85. The number of nitrogen functional groups attached to an aromatic ring is 1. The Morgan fingerprint density at radius 2 is 2.10 bits per heavy atom. The van der Waals surface area contributed by atoms with E-state index in [4.69, 9.17) is 10.3 Å². The van der Waals surface area contributed by atoms with Gasteiger partial charge in [-0.25, -0.2) is 4.39 Å². The van der Waals surface area contributed by atoms with Gasteiger partial charge in [0.15, 0.2) is 0 Å². The number of benzene rings is 1. The first-order chi connectivity index (χ1) is 9.66. The van der Waals surface area contributed by atoms with Crippen molar-refractivity contribution >= 4 is 21.8 Å². The van der Waals surface area contributed by atoms with E-state index in [0.29, 0.717) is 16.8 Å². The van der Waals surface area contributed by atoms with Gasteiger partial charge in [0.2, 0.25) is 5.88 Å². The molecule has 0 amide bonds. The Labute approximate surface area is 122 Å². The topological polar surface area (TPSA) is 64.9 Å².